The van der Waals surface area contributed by atoms with Gasteiger partial charge < -0.3 is 15.1 Å². The highest BCUT2D eigenvalue weighted by Gasteiger charge is 2.03. The number of nitrogens with zero attached hydrogens (tertiary/aromatic N) is 1. The van der Waals surface area contributed by atoms with Crippen molar-refractivity contribution in [2.24, 2.45) is 0 Å². The summed E-state index contributed by atoms with van der Waals surface area (Å²) in [5.74, 6) is -1.80. The van der Waals surface area contributed by atoms with Crippen LogP contribution in [0.4, 0.5) is 0 Å². The highest BCUT2D eigenvalue weighted by atomic mass is 16.4. The molecule has 0 aliphatic carbocycles. The van der Waals surface area contributed by atoms with E-state index in [1.54, 1.807) is 0 Å². The summed E-state index contributed by atoms with van der Waals surface area (Å²) in [5, 5.41) is 16.5. The van der Waals surface area contributed by atoms with Gasteiger partial charge in [0, 0.05) is 11.1 Å². The van der Waals surface area contributed by atoms with Crippen molar-refractivity contribution in [1.82, 2.24) is 4.90 Å². The smallest absolute Gasteiger partial charge is 0.330 e. The fourth-order valence-corrected chi connectivity index (χ4v) is 1.32. The molecule has 0 saturated carbocycles. The zero-order valence-corrected chi connectivity index (χ0v) is 12.8. The maximum atomic E-state index is 10.4. The predicted molar refractivity (Wildman–Crippen MR) is 80.9 cm³/mol. The molecule has 20 heavy (non-hydrogen) atoms. The summed E-state index contributed by atoms with van der Waals surface area (Å²) in [6.45, 7) is 15.6. The van der Waals surface area contributed by atoms with Gasteiger partial charge in [-0.25, -0.2) is 9.59 Å². The van der Waals surface area contributed by atoms with Crippen LogP contribution in [0.3, 0.4) is 0 Å². The number of rotatable bonds is 9. The molecule has 0 aromatic rings. The lowest BCUT2D eigenvalue weighted by atomic mass is 10.1. The molecule has 0 aliphatic rings. The number of carboxylic acid groups (broad SMARTS) is 2. The lowest BCUT2D eigenvalue weighted by Gasteiger charge is -2.17. The summed E-state index contributed by atoms with van der Waals surface area (Å²) >= 11 is 0. The van der Waals surface area contributed by atoms with Crippen molar-refractivity contribution in [3.05, 3.63) is 24.3 Å². The van der Waals surface area contributed by atoms with Crippen LogP contribution in [0.1, 0.15) is 40.0 Å². The fraction of sp³-hybridized carbons (Fsp3) is 0.600. The Bertz CT molecular complexity index is 321. The maximum Gasteiger partial charge on any atom is 0.330 e. The van der Waals surface area contributed by atoms with E-state index in [-0.39, 0.29) is 5.57 Å². The van der Waals surface area contributed by atoms with E-state index < -0.39 is 11.9 Å². The summed E-state index contributed by atoms with van der Waals surface area (Å²) in [5.41, 5.74) is 0.500. The van der Waals surface area contributed by atoms with Gasteiger partial charge in [-0.15, -0.1) is 0 Å². The van der Waals surface area contributed by atoms with E-state index in [0.29, 0.717) is 12.0 Å². The molecule has 0 atom stereocenters. The fourth-order valence-electron chi connectivity index (χ4n) is 1.32. The van der Waals surface area contributed by atoms with Gasteiger partial charge in [-0.2, -0.15) is 0 Å². The molecule has 0 bridgehead atoms. The predicted octanol–water partition coefficient (Wildman–Crippen LogP) is 2.79. The van der Waals surface area contributed by atoms with Crippen LogP contribution in [0.25, 0.3) is 0 Å². The minimum absolute atomic E-state index is 0.176. The maximum absolute atomic E-state index is 10.4. The number of carboxylic acids is 2. The second-order valence-corrected chi connectivity index (χ2v) is 4.48. The van der Waals surface area contributed by atoms with Crippen LogP contribution in [-0.2, 0) is 9.59 Å². The normalized spacial score (nSPS) is 9.60. The lowest BCUT2D eigenvalue weighted by molar-refractivity contribution is -0.133. The molecule has 5 nitrogen and oxygen atoms in total. The average molecular weight is 285 g/mol. The van der Waals surface area contributed by atoms with Crippen molar-refractivity contribution < 1.29 is 19.8 Å². The van der Waals surface area contributed by atoms with Crippen molar-refractivity contribution in [3.63, 3.8) is 0 Å². The Morgan fingerprint density at radius 2 is 1.45 bits per heavy atom. The molecule has 0 aromatic heterocycles. The monoisotopic (exact) mass is 285 g/mol. The van der Waals surface area contributed by atoms with Gasteiger partial charge in [0.2, 0.25) is 0 Å². The van der Waals surface area contributed by atoms with Crippen LogP contribution in [0.2, 0.25) is 0 Å². The molecule has 0 heterocycles. The second-order valence-electron chi connectivity index (χ2n) is 4.48. The Morgan fingerprint density at radius 1 is 1.00 bits per heavy atom. The van der Waals surface area contributed by atoms with Crippen LogP contribution in [0.5, 0.6) is 0 Å². The van der Waals surface area contributed by atoms with E-state index in [1.165, 1.54) is 6.92 Å². The van der Waals surface area contributed by atoms with Gasteiger partial charge in [0.25, 0.3) is 0 Å². The highest BCUT2D eigenvalue weighted by molar-refractivity contribution is 5.85. The topological polar surface area (TPSA) is 77.8 Å². The number of hydrogen-bond donors (Lipinski definition) is 2. The number of aliphatic carboxylic acids is 2. The van der Waals surface area contributed by atoms with Crippen molar-refractivity contribution in [3.8, 4) is 0 Å². The molecule has 0 fully saturated rings. The first-order valence-corrected chi connectivity index (χ1v) is 6.78. The summed E-state index contributed by atoms with van der Waals surface area (Å²) in [7, 11) is 0. The quantitative estimate of drug-likeness (QED) is 0.503. The Balaban J connectivity index is 0. The van der Waals surface area contributed by atoms with E-state index in [2.05, 4.69) is 31.9 Å². The molecular formula is C15H27NO4. The third kappa shape index (κ3) is 12.8. The first-order chi connectivity index (χ1) is 9.26. The zero-order chi connectivity index (χ0) is 16.1. The Morgan fingerprint density at radius 3 is 1.75 bits per heavy atom. The first-order valence-electron chi connectivity index (χ1n) is 6.78. The summed E-state index contributed by atoms with van der Waals surface area (Å²) in [4.78, 5) is 22.4. The van der Waals surface area contributed by atoms with Gasteiger partial charge >= 0.3 is 11.9 Å². The van der Waals surface area contributed by atoms with Crippen molar-refractivity contribution >= 4 is 11.9 Å². The summed E-state index contributed by atoms with van der Waals surface area (Å²) < 4.78 is 0. The first kappa shape index (κ1) is 20.7. The molecule has 2 N–H and O–H groups in total. The van der Waals surface area contributed by atoms with E-state index in [4.69, 9.17) is 10.2 Å². The molecular weight excluding hydrogens is 258 g/mol. The third-order valence-corrected chi connectivity index (χ3v) is 2.76. The van der Waals surface area contributed by atoms with Crippen molar-refractivity contribution in [2.75, 3.05) is 19.6 Å². The van der Waals surface area contributed by atoms with Gasteiger partial charge in [0.05, 0.1) is 0 Å². The summed E-state index contributed by atoms with van der Waals surface area (Å²) in [6.07, 6.45) is 2.58. The molecule has 0 saturated heterocycles. The largest absolute Gasteiger partial charge is 0.478 e. The molecule has 0 radical (unpaired) electrons. The molecule has 5 heteroatoms. The number of hydrogen-bond acceptors (Lipinski definition) is 3. The van der Waals surface area contributed by atoms with Crippen LogP contribution in [0, 0.1) is 0 Å². The van der Waals surface area contributed by atoms with Crippen LogP contribution >= 0.6 is 0 Å². The van der Waals surface area contributed by atoms with Crippen molar-refractivity contribution in [2.45, 2.75) is 40.0 Å². The van der Waals surface area contributed by atoms with Crippen LogP contribution in [-0.4, -0.2) is 46.7 Å². The molecule has 0 unspecified atom stereocenters. The van der Waals surface area contributed by atoms with E-state index in [9.17, 15) is 9.59 Å². The molecule has 0 spiro atoms. The van der Waals surface area contributed by atoms with Gasteiger partial charge in [-0.05, 0) is 45.8 Å². The van der Waals surface area contributed by atoms with E-state index in [0.717, 1.165) is 32.5 Å². The third-order valence-electron chi connectivity index (χ3n) is 2.76. The Kier molecular flexibility index (Phi) is 12.8. The van der Waals surface area contributed by atoms with Gasteiger partial charge in [0.1, 0.15) is 0 Å². The standard InChI is InChI=1S/C11H21NO2.C4H6O2/c1-4-12(5-2)9-7-6-8-10(3)11(13)14;1-3(2)4(5)6/h3-9H2,1-2H3,(H,13,14);1H2,2H3,(H,5,6). The minimum Gasteiger partial charge on any atom is -0.478 e. The molecule has 0 rings (SSSR count). The average Bonchev–Trinajstić information content (AvgIpc) is 2.39. The Hall–Kier alpha value is -1.62. The van der Waals surface area contributed by atoms with Gasteiger partial charge in [-0.1, -0.05) is 27.0 Å². The zero-order valence-electron chi connectivity index (χ0n) is 12.8. The van der Waals surface area contributed by atoms with Gasteiger partial charge in [0.15, 0.2) is 0 Å². The summed E-state index contributed by atoms with van der Waals surface area (Å²) in [6, 6.07) is 0. The minimum atomic E-state index is -0.935. The Labute approximate surface area is 121 Å². The molecule has 0 amide bonds. The van der Waals surface area contributed by atoms with Gasteiger partial charge in [-0.3, -0.25) is 0 Å². The molecule has 0 aliphatic heterocycles. The van der Waals surface area contributed by atoms with Crippen LogP contribution in [0.15, 0.2) is 24.3 Å². The highest BCUT2D eigenvalue weighted by Crippen LogP contribution is 2.06. The van der Waals surface area contributed by atoms with E-state index >= 15 is 0 Å². The van der Waals surface area contributed by atoms with Crippen LogP contribution < -0.4 is 0 Å². The SMILES string of the molecule is C=C(C)C(=O)O.C=C(CCCCN(CC)CC)C(=O)O. The number of unbranched alkanes of at least 4 members (excludes halogenated alkanes) is 1. The van der Waals surface area contributed by atoms with E-state index in [1.807, 2.05) is 0 Å². The number of carbonyl (C=O) groups is 2. The lowest BCUT2D eigenvalue weighted by Crippen LogP contribution is -2.23. The van der Waals surface area contributed by atoms with Crippen molar-refractivity contribution in [1.29, 1.82) is 0 Å². The molecule has 116 valence electrons. The molecule has 0 aromatic carbocycles. The second kappa shape index (κ2) is 12.4.